The summed E-state index contributed by atoms with van der Waals surface area (Å²) in [5.74, 6) is 0.798. The van der Waals surface area contributed by atoms with Gasteiger partial charge in [0.15, 0.2) is 0 Å². The molecule has 2 unspecified atom stereocenters. The molecule has 17 heavy (non-hydrogen) atoms. The highest BCUT2D eigenvalue weighted by Gasteiger charge is 2.20. The number of rotatable bonds is 3. The summed E-state index contributed by atoms with van der Waals surface area (Å²) in [5.41, 5.74) is 2.52. The summed E-state index contributed by atoms with van der Waals surface area (Å²) in [7, 11) is 4.17. The highest BCUT2D eigenvalue weighted by atomic mass is 15.1. The summed E-state index contributed by atoms with van der Waals surface area (Å²) in [6.45, 7) is 2.37. The molecular weight excluding hydrogens is 208 g/mol. The van der Waals surface area contributed by atoms with Gasteiger partial charge in [-0.25, -0.2) is 0 Å². The van der Waals surface area contributed by atoms with E-state index in [-0.39, 0.29) is 0 Å². The lowest BCUT2D eigenvalue weighted by molar-refractivity contribution is 0.349. The first-order chi connectivity index (χ1) is 8.16. The molecule has 0 saturated heterocycles. The first-order valence-corrected chi connectivity index (χ1v) is 6.71. The van der Waals surface area contributed by atoms with Crippen LogP contribution in [0.1, 0.15) is 32.6 Å². The fraction of sp³-hybridized carbons (Fsp3) is 0.600. The Hall–Kier alpha value is -1.18. The minimum absolute atomic E-state index is 0.654. The number of nitrogens with one attached hydrogen (secondary N) is 1. The molecule has 1 saturated carbocycles. The van der Waals surface area contributed by atoms with Gasteiger partial charge in [-0.15, -0.1) is 0 Å². The van der Waals surface area contributed by atoms with Gasteiger partial charge in [0.05, 0.1) is 0 Å². The molecule has 0 heterocycles. The van der Waals surface area contributed by atoms with Gasteiger partial charge in [0.1, 0.15) is 0 Å². The lowest BCUT2D eigenvalue weighted by Crippen LogP contribution is -2.30. The van der Waals surface area contributed by atoms with Gasteiger partial charge in [0.2, 0.25) is 0 Å². The maximum atomic E-state index is 3.70. The number of nitrogens with zero attached hydrogens (tertiary/aromatic N) is 1. The van der Waals surface area contributed by atoms with Crippen molar-refractivity contribution in [1.29, 1.82) is 0 Å². The lowest BCUT2D eigenvalue weighted by Gasteiger charge is -2.30. The molecule has 1 aliphatic carbocycles. The van der Waals surface area contributed by atoms with Crippen molar-refractivity contribution >= 4 is 11.4 Å². The zero-order chi connectivity index (χ0) is 12.3. The molecule has 0 aromatic heterocycles. The Morgan fingerprint density at radius 1 is 1.18 bits per heavy atom. The second kappa shape index (κ2) is 5.44. The summed E-state index contributed by atoms with van der Waals surface area (Å²) in [6.07, 6.45) is 5.45. The molecule has 1 aromatic carbocycles. The first kappa shape index (κ1) is 12.3. The molecule has 1 fully saturated rings. The SMILES string of the molecule is CC1CCCCC1Nc1cccc(N(C)C)c1. The van der Waals surface area contributed by atoms with E-state index in [1.165, 1.54) is 37.1 Å². The van der Waals surface area contributed by atoms with E-state index in [2.05, 4.69) is 55.5 Å². The van der Waals surface area contributed by atoms with Crippen molar-refractivity contribution in [2.24, 2.45) is 5.92 Å². The van der Waals surface area contributed by atoms with Crippen LogP contribution in [0.3, 0.4) is 0 Å². The third kappa shape index (κ3) is 3.15. The van der Waals surface area contributed by atoms with Gasteiger partial charge in [0, 0.05) is 31.5 Å². The Kier molecular flexibility index (Phi) is 3.93. The van der Waals surface area contributed by atoms with Gasteiger partial charge in [-0.3, -0.25) is 0 Å². The molecule has 1 N–H and O–H groups in total. The van der Waals surface area contributed by atoms with Gasteiger partial charge in [-0.1, -0.05) is 25.8 Å². The molecule has 2 nitrogen and oxygen atoms in total. The van der Waals surface area contributed by atoms with Gasteiger partial charge >= 0.3 is 0 Å². The van der Waals surface area contributed by atoms with Crippen LogP contribution in [-0.2, 0) is 0 Å². The van der Waals surface area contributed by atoms with E-state index in [1.54, 1.807) is 0 Å². The molecule has 1 aliphatic rings. The summed E-state index contributed by atoms with van der Waals surface area (Å²) in [5, 5.41) is 3.70. The van der Waals surface area contributed by atoms with Crippen molar-refractivity contribution in [2.75, 3.05) is 24.3 Å². The van der Waals surface area contributed by atoms with E-state index in [0.717, 1.165) is 5.92 Å². The Bertz CT molecular complexity index is 360. The Balaban J connectivity index is 2.04. The molecule has 0 spiro atoms. The number of benzene rings is 1. The molecule has 2 atom stereocenters. The van der Waals surface area contributed by atoms with E-state index in [4.69, 9.17) is 0 Å². The minimum Gasteiger partial charge on any atom is -0.382 e. The van der Waals surface area contributed by atoms with Crippen molar-refractivity contribution in [3.63, 3.8) is 0 Å². The van der Waals surface area contributed by atoms with Crippen LogP contribution in [-0.4, -0.2) is 20.1 Å². The second-order valence-electron chi connectivity index (χ2n) is 5.46. The van der Waals surface area contributed by atoms with Crippen molar-refractivity contribution in [3.8, 4) is 0 Å². The predicted octanol–water partition coefficient (Wildman–Crippen LogP) is 3.74. The summed E-state index contributed by atoms with van der Waals surface area (Å²) >= 11 is 0. The predicted molar refractivity (Wildman–Crippen MR) is 75.8 cm³/mol. The topological polar surface area (TPSA) is 15.3 Å². The van der Waals surface area contributed by atoms with E-state index < -0.39 is 0 Å². The Morgan fingerprint density at radius 3 is 2.65 bits per heavy atom. The van der Waals surface area contributed by atoms with Crippen LogP contribution >= 0.6 is 0 Å². The van der Waals surface area contributed by atoms with Crippen LogP contribution in [0.5, 0.6) is 0 Å². The minimum atomic E-state index is 0.654. The zero-order valence-corrected chi connectivity index (χ0v) is 11.2. The van der Waals surface area contributed by atoms with Gasteiger partial charge in [-0.05, 0) is 37.0 Å². The largest absolute Gasteiger partial charge is 0.382 e. The van der Waals surface area contributed by atoms with Crippen LogP contribution in [0.15, 0.2) is 24.3 Å². The van der Waals surface area contributed by atoms with Crippen molar-refractivity contribution in [2.45, 2.75) is 38.6 Å². The lowest BCUT2D eigenvalue weighted by atomic mass is 9.86. The smallest absolute Gasteiger partial charge is 0.0381 e. The van der Waals surface area contributed by atoms with Crippen molar-refractivity contribution in [1.82, 2.24) is 0 Å². The molecule has 2 rings (SSSR count). The summed E-state index contributed by atoms with van der Waals surface area (Å²) in [4.78, 5) is 2.15. The number of hydrogen-bond acceptors (Lipinski definition) is 2. The Labute approximate surface area is 105 Å². The average Bonchev–Trinajstić information content (AvgIpc) is 2.32. The highest BCUT2D eigenvalue weighted by Crippen LogP contribution is 2.27. The molecule has 0 amide bonds. The quantitative estimate of drug-likeness (QED) is 0.854. The Morgan fingerprint density at radius 2 is 1.94 bits per heavy atom. The monoisotopic (exact) mass is 232 g/mol. The molecule has 0 radical (unpaired) electrons. The molecule has 1 aromatic rings. The van der Waals surface area contributed by atoms with E-state index in [9.17, 15) is 0 Å². The van der Waals surface area contributed by atoms with Crippen LogP contribution < -0.4 is 10.2 Å². The van der Waals surface area contributed by atoms with E-state index in [1.807, 2.05) is 0 Å². The average molecular weight is 232 g/mol. The summed E-state index contributed by atoms with van der Waals surface area (Å²) in [6, 6.07) is 9.34. The van der Waals surface area contributed by atoms with Crippen LogP contribution in [0.4, 0.5) is 11.4 Å². The van der Waals surface area contributed by atoms with Gasteiger partial charge in [-0.2, -0.15) is 0 Å². The fourth-order valence-electron chi connectivity index (χ4n) is 2.62. The van der Waals surface area contributed by atoms with Crippen LogP contribution in [0.25, 0.3) is 0 Å². The van der Waals surface area contributed by atoms with Crippen molar-refractivity contribution < 1.29 is 0 Å². The van der Waals surface area contributed by atoms with Crippen LogP contribution in [0.2, 0.25) is 0 Å². The zero-order valence-electron chi connectivity index (χ0n) is 11.2. The third-order valence-corrected chi connectivity index (χ3v) is 3.83. The molecule has 94 valence electrons. The first-order valence-electron chi connectivity index (χ1n) is 6.71. The molecule has 2 heteroatoms. The van der Waals surface area contributed by atoms with Crippen molar-refractivity contribution in [3.05, 3.63) is 24.3 Å². The highest BCUT2D eigenvalue weighted by molar-refractivity contribution is 5.57. The van der Waals surface area contributed by atoms with Gasteiger partial charge < -0.3 is 10.2 Å². The number of hydrogen-bond donors (Lipinski definition) is 1. The fourth-order valence-corrected chi connectivity index (χ4v) is 2.62. The molecule has 0 aliphatic heterocycles. The second-order valence-corrected chi connectivity index (χ2v) is 5.46. The third-order valence-electron chi connectivity index (χ3n) is 3.83. The molecular formula is C15H24N2. The van der Waals surface area contributed by atoms with E-state index in [0.29, 0.717) is 6.04 Å². The standard InChI is InChI=1S/C15H24N2/c1-12-7-4-5-10-15(12)16-13-8-6-9-14(11-13)17(2)3/h6,8-9,11-12,15-16H,4-5,7,10H2,1-3H3. The molecule has 0 bridgehead atoms. The maximum Gasteiger partial charge on any atom is 0.0381 e. The summed E-state index contributed by atoms with van der Waals surface area (Å²) < 4.78 is 0. The van der Waals surface area contributed by atoms with Gasteiger partial charge in [0.25, 0.3) is 0 Å². The van der Waals surface area contributed by atoms with E-state index >= 15 is 0 Å². The normalized spacial score (nSPS) is 24.4. The maximum absolute atomic E-state index is 3.70. The number of anilines is 2. The van der Waals surface area contributed by atoms with Crippen LogP contribution in [0, 0.1) is 5.92 Å².